The first-order valence-electron chi connectivity index (χ1n) is 11.2. The van der Waals surface area contributed by atoms with Gasteiger partial charge >= 0.3 is 5.97 Å². The molecule has 0 amide bonds. The first-order valence-corrected chi connectivity index (χ1v) is 13.1. The van der Waals surface area contributed by atoms with Crippen molar-refractivity contribution in [2.75, 3.05) is 0 Å². The molecule has 0 aliphatic heterocycles. The Balaban J connectivity index is 1.32. The minimum absolute atomic E-state index is 0.00176. The number of aliphatic carboxylic acids is 1. The van der Waals surface area contributed by atoms with E-state index in [1.807, 2.05) is 42.5 Å². The third kappa shape index (κ3) is 4.86. The fraction of sp³-hybridized carbons (Fsp3) is 0.107. The molecule has 2 atom stereocenters. The first-order chi connectivity index (χ1) is 17.3. The van der Waals surface area contributed by atoms with Gasteiger partial charge in [0.1, 0.15) is 17.0 Å². The highest BCUT2D eigenvalue weighted by molar-refractivity contribution is 7.89. The van der Waals surface area contributed by atoms with Gasteiger partial charge in [0, 0.05) is 10.9 Å². The normalized spacial score (nSPS) is 19.0. The zero-order chi connectivity index (χ0) is 25.3. The Morgan fingerprint density at radius 1 is 0.833 bits per heavy atom. The summed E-state index contributed by atoms with van der Waals surface area (Å²) in [4.78, 5) is 12.2. The van der Waals surface area contributed by atoms with Crippen LogP contribution in [-0.4, -0.2) is 25.0 Å². The highest BCUT2D eigenvalue weighted by Crippen LogP contribution is 2.52. The smallest absolute Gasteiger partial charge is 0.325 e. The van der Waals surface area contributed by atoms with Crippen LogP contribution in [0.5, 0.6) is 11.5 Å². The number of halogens is 1. The van der Waals surface area contributed by atoms with E-state index in [2.05, 4.69) is 4.72 Å². The summed E-state index contributed by atoms with van der Waals surface area (Å²) in [6.07, 6.45) is 0.156. The van der Waals surface area contributed by atoms with Gasteiger partial charge in [-0.2, -0.15) is 4.72 Å². The molecule has 1 saturated carbocycles. The maximum atomic E-state index is 13.1. The van der Waals surface area contributed by atoms with Gasteiger partial charge in [-0.3, -0.25) is 4.79 Å². The van der Waals surface area contributed by atoms with Crippen molar-refractivity contribution in [3.63, 3.8) is 0 Å². The van der Waals surface area contributed by atoms with Crippen LogP contribution in [0.25, 0.3) is 11.1 Å². The molecule has 0 heterocycles. The van der Waals surface area contributed by atoms with E-state index < -0.39 is 27.4 Å². The van der Waals surface area contributed by atoms with Crippen molar-refractivity contribution >= 4 is 27.6 Å². The van der Waals surface area contributed by atoms with E-state index in [0.717, 1.165) is 16.7 Å². The van der Waals surface area contributed by atoms with E-state index in [9.17, 15) is 18.3 Å². The molecule has 0 saturated heterocycles. The molecule has 182 valence electrons. The van der Waals surface area contributed by atoms with Crippen LogP contribution in [0, 0.1) is 0 Å². The molecular weight excluding hydrogens is 498 g/mol. The molecule has 5 rings (SSSR count). The average molecular weight is 520 g/mol. The molecule has 4 aromatic rings. The number of carboxylic acid groups (broad SMARTS) is 1. The average Bonchev–Trinajstić information content (AvgIpc) is 3.60. The van der Waals surface area contributed by atoms with E-state index in [0.29, 0.717) is 16.5 Å². The maximum Gasteiger partial charge on any atom is 0.325 e. The van der Waals surface area contributed by atoms with Crippen molar-refractivity contribution < 1.29 is 23.1 Å². The van der Waals surface area contributed by atoms with Gasteiger partial charge in [0.2, 0.25) is 10.0 Å². The molecular formula is C28H22ClNO5S. The standard InChI is InChI=1S/C28H22ClNO5S/c29-22-12-6-19(7-13-22)20-10-16-25(17-11-20)36(33,34)30-28(27(31)32)18-26(28)21-8-14-24(15-9-21)35-23-4-2-1-3-5-23/h1-17,26,30H,18H2,(H,31,32). The quantitative estimate of drug-likeness (QED) is 0.294. The number of sulfonamides is 1. The number of benzene rings is 4. The second kappa shape index (κ2) is 9.43. The Hall–Kier alpha value is -3.65. The van der Waals surface area contributed by atoms with E-state index in [1.165, 1.54) is 12.1 Å². The number of nitrogens with one attached hydrogen (secondary N) is 1. The summed E-state index contributed by atoms with van der Waals surface area (Å²) < 4.78 is 34.5. The minimum Gasteiger partial charge on any atom is -0.480 e. The third-order valence-electron chi connectivity index (χ3n) is 6.26. The predicted octanol–water partition coefficient (Wildman–Crippen LogP) is 6.09. The summed E-state index contributed by atoms with van der Waals surface area (Å²) in [5.74, 6) is -0.415. The molecule has 4 aromatic carbocycles. The Morgan fingerprint density at radius 2 is 1.39 bits per heavy atom. The zero-order valence-corrected chi connectivity index (χ0v) is 20.5. The molecule has 1 aliphatic rings. The van der Waals surface area contributed by atoms with Gasteiger partial charge in [-0.15, -0.1) is 0 Å². The van der Waals surface area contributed by atoms with Crippen molar-refractivity contribution in [2.45, 2.75) is 22.8 Å². The Kier molecular flexibility index (Phi) is 6.30. The van der Waals surface area contributed by atoms with Crippen LogP contribution in [0.15, 0.2) is 108 Å². The number of para-hydroxylation sites is 1. The lowest BCUT2D eigenvalue weighted by Gasteiger charge is -2.16. The van der Waals surface area contributed by atoms with Gasteiger partial charge < -0.3 is 9.84 Å². The topological polar surface area (TPSA) is 92.7 Å². The number of hydrogen-bond donors (Lipinski definition) is 2. The highest BCUT2D eigenvalue weighted by atomic mass is 35.5. The fourth-order valence-corrected chi connectivity index (χ4v) is 5.75. The lowest BCUT2D eigenvalue weighted by molar-refractivity contribution is -0.140. The lowest BCUT2D eigenvalue weighted by Crippen LogP contribution is -2.44. The number of ether oxygens (including phenoxy) is 1. The second-order valence-electron chi connectivity index (χ2n) is 8.65. The molecule has 6 nitrogen and oxygen atoms in total. The third-order valence-corrected chi connectivity index (χ3v) is 8.04. The highest BCUT2D eigenvalue weighted by Gasteiger charge is 2.63. The minimum atomic E-state index is -4.07. The van der Waals surface area contributed by atoms with Crippen LogP contribution < -0.4 is 9.46 Å². The Bertz CT molecular complexity index is 1490. The van der Waals surface area contributed by atoms with Gasteiger partial charge in [0.05, 0.1) is 4.90 Å². The van der Waals surface area contributed by atoms with Gasteiger partial charge in [-0.1, -0.05) is 66.2 Å². The van der Waals surface area contributed by atoms with E-state index in [1.54, 1.807) is 48.5 Å². The summed E-state index contributed by atoms with van der Waals surface area (Å²) >= 11 is 5.93. The lowest BCUT2D eigenvalue weighted by atomic mass is 10.1. The first kappa shape index (κ1) is 24.1. The number of carbonyl (C=O) groups is 1. The Morgan fingerprint density at radius 3 is 1.97 bits per heavy atom. The molecule has 2 N–H and O–H groups in total. The number of rotatable bonds is 8. The molecule has 0 spiro atoms. The predicted molar refractivity (Wildman–Crippen MR) is 138 cm³/mol. The largest absolute Gasteiger partial charge is 0.480 e. The molecule has 36 heavy (non-hydrogen) atoms. The van der Waals surface area contributed by atoms with Gasteiger partial charge in [-0.25, -0.2) is 8.42 Å². The molecule has 0 bridgehead atoms. The van der Waals surface area contributed by atoms with Crippen molar-refractivity contribution in [1.82, 2.24) is 4.72 Å². The maximum absolute atomic E-state index is 13.1. The van der Waals surface area contributed by atoms with Gasteiger partial charge in [0.25, 0.3) is 0 Å². The summed E-state index contributed by atoms with van der Waals surface area (Å²) in [7, 11) is -4.07. The van der Waals surface area contributed by atoms with Crippen molar-refractivity contribution in [1.29, 1.82) is 0 Å². The number of hydrogen-bond acceptors (Lipinski definition) is 4. The SMILES string of the molecule is O=C(O)C1(NS(=O)(=O)c2ccc(-c3ccc(Cl)cc3)cc2)CC1c1ccc(Oc2ccccc2)cc1. The van der Waals surface area contributed by atoms with E-state index in [-0.39, 0.29) is 11.3 Å². The zero-order valence-electron chi connectivity index (χ0n) is 19.0. The fourth-order valence-electron chi connectivity index (χ4n) is 4.22. The summed E-state index contributed by atoms with van der Waals surface area (Å²) in [5, 5.41) is 10.6. The van der Waals surface area contributed by atoms with Crippen LogP contribution in [0.1, 0.15) is 17.9 Å². The van der Waals surface area contributed by atoms with Crippen molar-refractivity contribution in [3.05, 3.63) is 114 Å². The van der Waals surface area contributed by atoms with E-state index >= 15 is 0 Å². The van der Waals surface area contributed by atoms with Crippen LogP contribution in [0.2, 0.25) is 5.02 Å². The number of carboxylic acids is 1. The van der Waals surface area contributed by atoms with Crippen LogP contribution in [0.4, 0.5) is 0 Å². The molecule has 1 aliphatic carbocycles. The van der Waals surface area contributed by atoms with Crippen LogP contribution in [-0.2, 0) is 14.8 Å². The summed E-state index contributed by atoms with van der Waals surface area (Å²) in [5.41, 5.74) is 0.828. The van der Waals surface area contributed by atoms with Crippen LogP contribution >= 0.6 is 11.6 Å². The monoisotopic (exact) mass is 519 g/mol. The summed E-state index contributed by atoms with van der Waals surface area (Å²) in [6, 6.07) is 29.8. The summed E-state index contributed by atoms with van der Waals surface area (Å²) in [6.45, 7) is 0. The molecule has 1 fully saturated rings. The van der Waals surface area contributed by atoms with Gasteiger partial charge in [-0.05, 0) is 71.6 Å². The molecule has 0 radical (unpaired) electrons. The van der Waals surface area contributed by atoms with Crippen molar-refractivity contribution in [3.8, 4) is 22.6 Å². The van der Waals surface area contributed by atoms with E-state index in [4.69, 9.17) is 16.3 Å². The van der Waals surface area contributed by atoms with Crippen molar-refractivity contribution in [2.24, 2.45) is 0 Å². The molecule has 8 heteroatoms. The van der Waals surface area contributed by atoms with Crippen LogP contribution in [0.3, 0.4) is 0 Å². The Labute approximate surface area is 214 Å². The second-order valence-corrected chi connectivity index (χ2v) is 10.8. The van der Waals surface area contributed by atoms with Gasteiger partial charge in [0.15, 0.2) is 0 Å². The molecule has 2 unspecified atom stereocenters. The molecule has 0 aromatic heterocycles.